The van der Waals surface area contributed by atoms with E-state index in [-0.39, 0.29) is 17.0 Å². The number of hydrogen-bond acceptors (Lipinski definition) is 5. The Morgan fingerprint density at radius 1 is 0.941 bits per heavy atom. The van der Waals surface area contributed by atoms with Gasteiger partial charge in [-0.1, -0.05) is 36.4 Å². The van der Waals surface area contributed by atoms with Gasteiger partial charge in [-0.25, -0.2) is 31.1 Å². The van der Waals surface area contributed by atoms with Gasteiger partial charge in [0.2, 0.25) is 10.0 Å². The van der Waals surface area contributed by atoms with E-state index in [2.05, 4.69) is 4.72 Å². The molecule has 0 saturated heterocycles. The van der Waals surface area contributed by atoms with E-state index >= 15 is 0 Å². The minimum Gasteiger partial charge on any atom is -0.449 e. The van der Waals surface area contributed by atoms with Crippen molar-refractivity contribution in [3.63, 3.8) is 0 Å². The number of esters is 1. The first-order chi connectivity index (χ1) is 16.1. The number of nitrogens with one attached hydrogen (secondary N) is 2. The number of carbonyl (C=O) groups is 2. The van der Waals surface area contributed by atoms with Crippen LogP contribution in [0.15, 0.2) is 71.6 Å². The highest BCUT2D eigenvalue weighted by Crippen LogP contribution is 2.20. The number of sulfonamides is 1. The van der Waals surface area contributed by atoms with E-state index in [9.17, 15) is 31.2 Å². The summed E-state index contributed by atoms with van der Waals surface area (Å²) in [5, 5.41) is 2.00. The zero-order valence-electron chi connectivity index (χ0n) is 17.7. The van der Waals surface area contributed by atoms with Gasteiger partial charge in [0.25, 0.3) is 5.91 Å². The fraction of sp³-hybridized carbons (Fsp3) is 0.130. The number of halogens is 3. The largest absolute Gasteiger partial charge is 0.449 e. The number of amides is 1. The Morgan fingerprint density at radius 3 is 2.35 bits per heavy atom. The molecular formula is C23H19F3N2O5S. The first-order valence-electron chi connectivity index (χ1n) is 9.87. The van der Waals surface area contributed by atoms with Gasteiger partial charge >= 0.3 is 5.97 Å². The van der Waals surface area contributed by atoms with Crippen molar-refractivity contribution < 1.29 is 35.9 Å². The molecule has 3 aromatic carbocycles. The van der Waals surface area contributed by atoms with Gasteiger partial charge in [0, 0.05) is 6.54 Å². The summed E-state index contributed by atoms with van der Waals surface area (Å²) in [5.74, 6) is -6.82. The van der Waals surface area contributed by atoms with Crippen LogP contribution in [-0.2, 0) is 26.1 Å². The standard InChI is InChI=1S/C23H19F3N2O5S/c1-14(22(29)28-19-11-10-18(24)20(25)21(19)26)33-23(30)16-8-5-9-17(12-16)34(31,32)27-13-15-6-3-2-4-7-15/h2-12,14,27H,13H2,1H3,(H,28,29). The van der Waals surface area contributed by atoms with E-state index in [0.717, 1.165) is 17.7 Å². The number of benzene rings is 3. The smallest absolute Gasteiger partial charge is 0.338 e. The van der Waals surface area contributed by atoms with Gasteiger partial charge in [-0.15, -0.1) is 0 Å². The van der Waals surface area contributed by atoms with Crippen LogP contribution in [0, 0.1) is 17.5 Å². The Kier molecular flexibility index (Phi) is 7.69. The molecule has 0 fully saturated rings. The lowest BCUT2D eigenvalue weighted by Gasteiger charge is -2.14. The van der Waals surface area contributed by atoms with Crippen molar-refractivity contribution in [3.8, 4) is 0 Å². The van der Waals surface area contributed by atoms with Crippen LogP contribution in [0.25, 0.3) is 0 Å². The van der Waals surface area contributed by atoms with Crippen molar-refractivity contribution in [2.45, 2.75) is 24.5 Å². The minimum atomic E-state index is -3.96. The summed E-state index contributed by atoms with van der Waals surface area (Å²) in [5.41, 5.74) is -0.0513. The van der Waals surface area contributed by atoms with Gasteiger partial charge < -0.3 is 10.1 Å². The first kappa shape index (κ1) is 24.9. The Hall–Kier alpha value is -3.70. The quantitative estimate of drug-likeness (QED) is 0.368. The molecule has 1 amide bonds. The average molecular weight is 492 g/mol. The van der Waals surface area contributed by atoms with Crippen LogP contribution in [0.3, 0.4) is 0 Å². The maximum absolute atomic E-state index is 13.7. The molecule has 1 unspecified atom stereocenters. The molecule has 34 heavy (non-hydrogen) atoms. The first-order valence-corrected chi connectivity index (χ1v) is 11.4. The molecule has 0 bridgehead atoms. The zero-order valence-corrected chi connectivity index (χ0v) is 18.5. The van der Waals surface area contributed by atoms with E-state index in [0.29, 0.717) is 6.07 Å². The zero-order chi connectivity index (χ0) is 24.9. The Bertz CT molecular complexity index is 1320. The van der Waals surface area contributed by atoms with Gasteiger partial charge in [-0.3, -0.25) is 4.79 Å². The van der Waals surface area contributed by atoms with Crippen LogP contribution in [0.4, 0.5) is 18.9 Å². The molecule has 3 rings (SSSR count). The fourth-order valence-electron chi connectivity index (χ4n) is 2.79. The molecule has 0 saturated carbocycles. The van der Waals surface area contributed by atoms with Crippen molar-refractivity contribution in [3.05, 3.63) is 95.3 Å². The number of anilines is 1. The highest BCUT2D eigenvalue weighted by molar-refractivity contribution is 7.89. The van der Waals surface area contributed by atoms with Gasteiger partial charge in [-0.05, 0) is 42.8 Å². The summed E-state index contributed by atoms with van der Waals surface area (Å²) < 4.78 is 72.7. The molecule has 178 valence electrons. The summed E-state index contributed by atoms with van der Waals surface area (Å²) >= 11 is 0. The topological polar surface area (TPSA) is 102 Å². The molecule has 0 radical (unpaired) electrons. The lowest BCUT2D eigenvalue weighted by molar-refractivity contribution is -0.123. The summed E-state index contributed by atoms with van der Waals surface area (Å²) in [6, 6.07) is 15.2. The lowest BCUT2D eigenvalue weighted by Crippen LogP contribution is -2.30. The predicted octanol–water partition coefficient (Wildman–Crippen LogP) is 3.77. The van der Waals surface area contributed by atoms with Gasteiger partial charge in [0.1, 0.15) is 0 Å². The number of hydrogen-bond donors (Lipinski definition) is 2. The van der Waals surface area contributed by atoms with E-state index in [1.807, 2.05) is 5.32 Å². The summed E-state index contributed by atoms with van der Waals surface area (Å²) in [6.45, 7) is 1.21. The van der Waals surface area contributed by atoms with Crippen molar-refractivity contribution in [1.82, 2.24) is 4.72 Å². The Labute approximate surface area is 193 Å². The normalized spacial score (nSPS) is 12.1. The third-order valence-corrected chi connectivity index (χ3v) is 6.03. The maximum atomic E-state index is 13.7. The van der Waals surface area contributed by atoms with E-state index in [4.69, 9.17) is 4.74 Å². The molecule has 0 spiro atoms. The molecule has 0 aliphatic rings. The molecule has 3 aromatic rings. The fourth-order valence-corrected chi connectivity index (χ4v) is 3.85. The predicted molar refractivity (Wildman–Crippen MR) is 117 cm³/mol. The van der Waals surface area contributed by atoms with Gasteiger partial charge in [0.05, 0.1) is 16.1 Å². The number of carbonyl (C=O) groups excluding carboxylic acids is 2. The second-order valence-electron chi connectivity index (χ2n) is 7.10. The third-order valence-electron chi connectivity index (χ3n) is 4.64. The molecule has 0 aliphatic heterocycles. The van der Waals surface area contributed by atoms with E-state index in [1.165, 1.54) is 25.1 Å². The van der Waals surface area contributed by atoms with Crippen LogP contribution < -0.4 is 10.0 Å². The molecule has 1 atom stereocenters. The summed E-state index contributed by atoms with van der Waals surface area (Å²) in [6.07, 6.45) is -1.46. The number of rotatable bonds is 8. The molecule has 0 heterocycles. The average Bonchev–Trinajstić information content (AvgIpc) is 2.83. The SMILES string of the molecule is CC(OC(=O)c1cccc(S(=O)(=O)NCc2ccccc2)c1)C(=O)Nc1ccc(F)c(F)c1F. The molecule has 7 nitrogen and oxygen atoms in total. The molecular weight excluding hydrogens is 473 g/mol. The van der Waals surface area contributed by atoms with Crippen LogP contribution >= 0.6 is 0 Å². The molecule has 0 aliphatic carbocycles. The van der Waals surface area contributed by atoms with Crippen LogP contribution in [0.2, 0.25) is 0 Å². The summed E-state index contributed by atoms with van der Waals surface area (Å²) in [4.78, 5) is 24.4. The molecule has 2 N–H and O–H groups in total. The van der Waals surface area contributed by atoms with Crippen molar-refractivity contribution in [2.24, 2.45) is 0 Å². The van der Waals surface area contributed by atoms with Crippen LogP contribution in [0.1, 0.15) is 22.8 Å². The van der Waals surface area contributed by atoms with E-state index in [1.54, 1.807) is 30.3 Å². The van der Waals surface area contributed by atoms with Crippen LogP contribution in [0.5, 0.6) is 0 Å². The van der Waals surface area contributed by atoms with Gasteiger partial charge in [0.15, 0.2) is 23.6 Å². The second-order valence-corrected chi connectivity index (χ2v) is 8.86. The van der Waals surface area contributed by atoms with Gasteiger partial charge in [-0.2, -0.15) is 0 Å². The Morgan fingerprint density at radius 2 is 1.65 bits per heavy atom. The maximum Gasteiger partial charge on any atom is 0.338 e. The minimum absolute atomic E-state index is 0.0373. The summed E-state index contributed by atoms with van der Waals surface area (Å²) in [7, 11) is -3.96. The highest BCUT2D eigenvalue weighted by Gasteiger charge is 2.23. The second kappa shape index (κ2) is 10.5. The molecule has 0 aromatic heterocycles. The monoisotopic (exact) mass is 492 g/mol. The number of ether oxygens (including phenoxy) is 1. The van der Waals surface area contributed by atoms with Crippen molar-refractivity contribution >= 4 is 27.6 Å². The lowest BCUT2D eigenvalue weighted by atomic mass is 10.2. The molecule has 11 heteroatoms. The highest BCUT2D eigenvalue weighted by atomic mass is 32.2. The third kappa shape index (κ3) is 6.00. The Balaban J connectivity index is 1.66. The van der Waals surface area contributed by atoms with E-state index < -0.39 is 51.1 Å². The van der Waals surface area contributed by atoms with Crippen molar-refractivity contribution in [1.29, 1.82) is 0 Å². The van der Waals surface area contributed by atoms with Crippen molar-refractivity contribution in [2.75, 3.05) is 5.32 Å². The van der Waals surface area contributed by atoms with Crippen LogP contribution in [-0.4, -0.2) is 26.4 Å².